The number of para-hydroxylation sites is 2. The Morgan fingerprint density at radius 1 is 0.882 bits per heavy atom. The second-order valence-corrected chi connectivity index (χ2v) is 4.44. The molecule has 1 heterocycles. The third kappa shape index (κ3) is 1.51. The highest BCUT2D eigenvalue weighted by Gasteiger charge is 2.15. The second kappa shape index (κ2) is 3.72. The summed E-state index contributed by atoms with van der Waals surface area (Å²) in [6.45, 7) is 0. The monoisotopic (exact) mass is 264 g/mol. The molecule has 3 rings (SSSR count). The van der Waals surface area contributed by atoms with Gasteiger partial charge in [-0.15, -0.1) is 0 Å². The van der Waals surface area contributed by atoms with Gasteiger partial charge in [0.15, 0.2) is 11.0 Å². The van der Waals surface area contributed by atoms with Gasteiger partial charge < -0.3 is 5.21 Å². The van der Waals surface area contributed by atoms with Crippen LogP contribution in [0.2, 0.25) is 10.0 Å². The van der Waals surface area contributed by atoms with Crippen molar-refractivity contribution in [3.05, 3.63) is 51.7 Å². The van der Waals surface area contributed by atoms with E-state index in [1.54, 1.807) is 36.4 Å². The number of fused-ring (bicyclic) bond motifs is 2. The number of aromatic nitrogens is 2. The Kier molecular flexibility index (Phi) is 2.31. The Morgan fingerprint density at radius 2 is 1.35 bits per heavy atom. The molecule has 0 aliphatic rings. The lowest BCUT2D eigenvalue weighted by Gasteiger charge is -2.06. The van der Waals surface area contributed by atoms with Gasteiger partial charge >= 0.3 is 0 Å². The zero-order valence-electron chi connectivity index (χ0n) is 8.52. The maximum Gasteiger partial charge on any atom is 0.244 e. The molecule has 3 aromatic rings. The van der Waals surface area contributed by atoms with Gasteiger partial charge in [-0.1, -0.05) is 35.3 Å². The molecule has 0 atom stereocenters. The van der Waals surface area contributed by atoms with Gasteiger partial charge in [0.05, 0.1) is 10.0 Å². The molecule has 0 amide bonds. The molecule has 0 spiro atoms. The lowest BCUT2D eigenvalue weighted by Crippen LogP contribution is -2.28. The molecule has 17 heavy (non-hydrogen) atoms. The topological polar surface area (TPSA) is 39.8 Å². The third-order valence-corrected chi connectivity index (χ3v) is 3.20. The van der Waals surface area contributed by atoms with Crippen molar-refractivity contribution in [2.75, 3.05) is 0 Å². The SMILES string of the molecule is [O-][n+]1c2cccc(Cl)c2nc2c(Cl)cccc21. The lowest BCUT2D eigenvalue weighted by molar-refractivity contribution is -0.548. The van der Waals surface area contributed by atoms with E-state index in [4.69, 9.17) is 23.2 Å². The molecule has 0 saturated carbocycles. The van der Waals surface area contributed by atoms with E-state index in [2.05, 4.69) is 4.98 Å². The maximum absolute atomic E-state index is 12.2. The molecule has 5 heteroatoms. The van der Waals surface area contributed by atoms with Gasteiger partial charge in [0.1, 0.15) is 0 Å². The molecule has 0 aliphatic carbocycles. The van der Waals surface area contributed by atoms with Crippen LogP contribution >= 0.6 is 23.2 Å². The number of benzene rings is 2. The summed E-state index contributed by atoms with van der Waals surface area (Å²) in [5, 5.41) is 13.0. The minimum Gasteiger partial charge on any atom is -0.618 e. The van der Waals surface area contributed by atoms with Crippen molar-refractivity contribution in [3.8, 4) is 0 Å². The average Bonchev–Trinajstić information content (AvgIpc) is 2.32. The van der Waals surface area contributed by atoms with Gasteiger partial charge in [0.2, 0.25) is 11.0 Å². The summed E-state index contributed by atoms with van der Waals surface area (Å²) in [6.07, 6.45) is 0. The summed E-state index contributed by atoms with van der Waals surface area (Å²) in [7, 11) is 0. The summed E-state index contributed by atoms with van der Waals surface area (Å²) in [5.41, 5.74) is 1.80. The summed E-state index contributed by atoms with van der Waals surface area (Å²) in [5.74, 6) is 0. The number of hydrogen-bond acceptors (Lipinski definition) is 2. The van der Waals surface area contributed by atoms with Gasteiger partial charge in [-0.3, -0.25) is 0 Å². The van der Waals surface area contributed by atoms with Gasteiger partial charge in [-0.2, -0.15) is 4.73 Å². The summed E-state index contributed by atoms with van der Waals surface area (Å²) in [6, 6.07) is 10.2. The van der Waals surface area contributed by atoms with Gasteiger partial charge in [-0.05, 0) is 12.1 Å². The van der Waals surface area contributed by atoms with Crippen LogP contribution in [0.5, 0.6) is 0 Å². The molecule has 2 aromatic carbocycles. The molecule has 3 nitrogen and oxygen atoms in total. The summed E-state index contributed by atoms with van der Waals surface area (Å²) >= 11 is 12.0. The number of nitrogens with zero attached hydrogens (tertiary/aromatic N) is 2. The smallest absolute Gasteiger partial charge is 0.244 e. The predicted octanol–water partition coefficient (Wildman–Crippen LogP) is 3.33. The third-order valence-electron chi connectivity index (χ3n) is 2.59. The van der Waals surface area contributed by atoms with E-state index in [0.717, 1.165) is 4.73 Å². The van der Waals surface area contributed by atoms with Gasteiger partial charge in [-0.25, -0.2) is 4.98 Å². The Morgan fingerprint density at radius 3 is 1.82 bits per heavy atom. The standard InChI is InChI=1S/C12H6Cl2N2O/c13-7-3-1-5-9-11(7)15-12-8(14)4-2-6-10(12)16(9)17/h1-6H. The predicted molar refractivity (Wildman–Crippen MR) is 68.2 cm³/mol. The van der Waals surface area contributed by atoms with Crippen LogP contribution in [0.15, 0.2) is 36.4 Å². The first-order chi connectivity index (χ1) is 8.18. The number of hydrogen-bond donors (Lipinski definition) is 0. The number of halogens is 2. The molecule has 0 radical (unpaired) electrons. The van der Waals surface area contributed by atoms with Crippen molar-refractivity contribution < 1.29 is 4.73 Å². The van der Waals surface area contributed by atoms with E-state index >= 15 is 0 Å². The quantitative estimate of drug-likeness (QED) is 0.355. The molecule has 0 saturated heterocycles. The van der Waals surface area contributed by atoms with Crippen molar-refractivity contribution in [2.45, 2.75) is 0 Å². The average molecular weight is 265 g/mol. The highest BCUT2D eigenvalue weighted by atomic mass is 35.5. The van der Waals surface area contributed by atoms with E-state index in [1.165, 1.54) is 0 Å². The normalized spacial score (nSPS) is 11.2. The lowest BCUT2D eigenvalue weighted by atomic mass is 10.2. The van der Waals surface area contributed by atoms with Crippen molar-refractivity contribution >= 4 is 45.3 Å². The van der Waals surface area contributed by atoms with Crippen LogP contribution in [0, 0.1) is 5.21 Å². The molecule has 0 fully saturated rings. The molecule has 0 aliphatic heterocycles. The van der Waals surface area contributed by atoms with Crippen LogP contribution in [0.3, 0.4) is 0 Å². The molecule has 0 bridgehead atoms. The van der Waals surface area contributed by atoms with Crippen LogP contribution in [0.25, 0.3) is 22.1 Å². The van der Waals surface area contributed by atoms with Crippen molar-refractivity contribution in [1.82, 2.24) is 4.98 Å². The molecule has 0 unspecified atom stereocenters. The largest absolute Gasteiger partial charge is 0.618 e. The fourth-order valence-electron chi connectivity index (χ4n) is 1.80. The fraction of sp³-hybridized carbons (Fsp3) is 0. The van der Waals surface area contributed by atoms with Gasteiger partial charge in [0, 0.05) is 12.1 Å². The van der Waals surface area contributed by atoms with E-state index in [-0.39, 0.29) is 0 Å². The first-order valence-electron chi connectivity index (χ1n) is 4.94. The Balaban J connectivity index is 2.62. The minimum absolute atomic E-state index is 0.437. The molecule has 1 aromatic heterocycles. The Hall–Kier alpha value is -1.58. The van der Waals surface area contributed by atoms with E-state index in [9.17, 15) is 5.21 Å². The molecule has 0 N–H and O–H groups in total. The summed E-state index contributed by atoms with van der Waals surface area (Å²) < 4.78 is 0.801. The van der Waals surface area contributed by atoms with Crippen LogP contribution in [-0.4, -0.2) is 4.98 Å². The van der Waals surface area contributed by atoms with Crippen LogP contribution in [-0.2, 0) is 0 Å². The van der Waals surface area contributed by atoms with Crippen LogP contribution < -0.4 is 4.73 Å². The number of rotatable bonds is 0. The first-order valence-corrected chi connectivity index (χ1v) is 5.70. The van der Waals surface area contributed by atoms with E-state index in [1.807, 2.05) is 0 Å². The highest BCUT2D eigenvalue weighted by Crippen LogP contribution is 2.25. The van der Waals surface area contributed by atoms with Crippen molar-refractivity contribution in [3.63, 3.8) is 0 Å². The molecular weight excluding hydrogens is 259 g/mol. The maximum atomic E-state index is 12.2. The summed E-state index contributed by atoms with van der Waals surface area (Å²) in [4.78, 5) is 4.35. The van der Waals surface area contributed by atoms with Gasteiger partial charge in [0.25, 0.3) is 0 Å². The van der Waals surface area contributed by atoms with E-state index < -0.39 is 0 Å². The van der Waals surface area contributed by atoms with Crippen LogP contribution in [0.1, 0.15) is 0 Å². The molecular formula is C12H6Cl2N2O. The zero-order valence-corrected chi connectivity index (χ0v) is 10.0. The zero-order chi connectivity index (χ0) is 12.0. The molecule has 84 valence electrons. The Labute approximate surface area is 107 Å². The first kappa shape index (κ1) is 10.6. The van der Waals surface area contributed by atoms with E-state index in [0.29, 0.717) is 32.1 Å². The van der Waals surface area contributed by atoms with Crippen LogP contribution in [0.4, 0.5) is 0 Å². The van der Waals surface area contributed by atoms with Crippen molar-refractivity contribution in [2.24, 2.45) is 0 Å². The van der Waals surface area contributed by atoms with Crippen molar-refractivity contribution in [1.29, 1.82) is 0 Å². The minimum atomic E-state index is 0.437. The highest BCUT2D eigenvalue weighted by molar-refractivity contribution is 6.36. The second-order valence-electron chi connectivity index (χ2n) is 3.62. The Bertz CT molecular complexity index is 683. The fourth-order valence-corrected chi connectivity index (χ4v) is 2.22.